The first kappa shape index (κ1) is 17.8. The molecule has 124 valence electrons. The van der Waals surface area contributed by atoms with Crippen molar-refractivity contribution in [3.8, 4) is 0 Å². The molecule has 0 spiro atoms. The molecular formula is C16H12Cl2N2O4. The van der Waals surface area contributed by atoms with Gasteiger partial charge in [0.15, 0.2) is 6.61 Å². The third kappa shape index (κ3) is 4.71. The quantitative estimate of drug-likeness (QED) is 0.794. The molecule has 0 saturated heterocycles. The molecule has 0 saturated carbocycles. The summed E-state index contributed by atoms with van der Waals surface area (Å²) in [6.07, 6.45) is 0. The van der Waals surface area contributed by atoms with E-state index in [9.17, 15) is 14.4 Å². The molecule has 2 amide bonds. The fraction of sp³-hybridized carbons (Fsp3) is 0.0625. The van der Waals surface area contributed by atoms with E-state index in [-0.39, 0.29) is 26.9 Å². The van der Waals surface area contributed by atoms with E-state index < -0.39 is 24.4 Å². The Kier molecular flexibility index (Phi) is 5.78. The van der Waals surface area contributed by atoms with Crippen LogP contribution in [0.4, 0.5) is 5.69 Å². The van der Waals surface area contributed by atoms with Crippen molar-refractivity contribution in [3.05, 3.63) is 63.6 Å². The smallest absolute Gasteiger partial charge is 0.338 e. The predicted molar refractivity (Wildman–Crippen MR) is 90.3 cm³/mol. The van der Waals surface area contributed by atoms with Gasteiger partial charge < -0.3 is 15.8 Å². The van der Waals surface area contributed by atoms with Crippen LogP contribution in [0.3, 0.4) is 0 Å². The van der Waals surface area contributed by atoms with Crippen LogP contribution in [0, 0.1) is 0 Å². The third-order valence-corrected chi connectivity index (χ3v) is 3.34. The van der Waals surface area contributed by atoms with Gasteiger partial charge in [-0.25, -0.2) is 4.79 Å². The normalized spacial score (nSPS) is 10.1. The van der Waals surface area contributed by atoms with E-state index in [0.717, 1.165) is 0 Å². The summed E-state index contributed by atoms with van der Waals surface area (Å²) in [5, 5.41) is 3.00. The van der Waals surface area contributed by atoms with Crippen LogP contribution in [0.1, 0.15) is 20.7 Å². The summed E-state index contributed by atoms with van der Waals surface area (Å²) in [6, 6.07) is 10.4. The number of halogens is 2. The number of hydrogen-bond donors (Lipinski definition) is 2. The standard InChI is InChI=1S/C16H12Cl2N2O4/c17-10-5-9(6-11(18)7-10)16(23)24-8-14(21)20-13-4-2-1-3-12(13)15(19)22/h1-7H,8H2,(H2,19,22)(H,20,21). The molecule has 2 aromatic rings. The Morgan fingerprint density at radius 3 is 2.29 bits per heavy atom. The largest absolute Gasteiger partial charge is 0.452 e. The number of carbonyl (C=O) groups excluding carboxylic acids is 3. The van der Waals surface area contributed by atoms with Crippen LogP contribution in [-0.4, -0.2) is 24.4 Å². The molecular weight excluding hydrogens is 355 g/mol. The first-order valence-corrected chi connectivity index (χ1v) is 7.44. The third-order valence-electron chi connectivity index (χ3n) is 2.90. The molecule has 24 heavy (non-hydrogen) atoms. The number of carbonyl (C=O) groups is 3. The number of esters is 1. The first-order chi connectivity index (χ1) is 11.4. The van der Waals surface area contributed by atoms with Crippen LogP contribution in [0.5, 0.6) is 0 Å². The lowest BCUT2D eigenvalue weighted by Gasteiger charge is -2.09. The van der Waals surface area contributed by atoms with Crippen molar-refractivity contribution < 1.29 is 19.1 Å². The van der Waals surface area contributed by atoms with Crippen LogP contribution in [0.15, 0.2) is 42.5 Å². The van der Waals surface area contributed by atoms with Crippen LogP contribution in [-0.2, 0) is 9.53 Å². The van der Waals surface area contributed by atoms with Crippen molar-refractivity contribution in [3.63, 3.8) is 0 Å². The lowest BCUT2D eigenvalue weighted by Crippen LogP contribution is -2.23. The monoisotopic (exact) mass is 366 g/mol. The number of benzene rings is 2. The number of nitrogens with two attached hydrogens (primary N) is 1. The van der Waals surface area contributed by atoms with Crippen LogP contribution >= 0.6 is 23.2 Å². The lowest BCUT2D eigenvalue weighted by molar-refractivity contribution is -0.119. The SMILES string of the molecule is NC(=O)c1ccccc1NC(=O)COC(=O)c1cc(Cl)cc(Cl)c1. The highest BCUT2D eigenvalue weighted by Crippen LogP contribution is 2.19. The van der Waals surface area contributed by atoms with Crippen molar-refractivity contribution in [2.24, 2.45) is 5.73 Å². The Bertz CT molecular complexity index is 788. The fourth-order valence-corrected chi connectivity index (χ4v) is 2.41. The number of rotatable bonds is 5. The van der Waals surface area contributed by atoms with Crippen LogP contribution in [0.25, 0.3) is 0 Å². The maximum atomic E-state index is 11.9. The Labute approximate surface area is 147 Å². The summed E-state index contributed by atoms with van der Waals surface area (Å²) in [6.45, 7) is -0.546. The maximum absolute atomic E-state index is 11.9. The number of ether oxygens (including phenoxy) is 1. The molecule has 0 aliphatic heterocycles. The number of anilines is 1. The second kappa shape index (κ2) is 7.81. The van der Waals surface area contributed by atoms with Gasteiger partial charge in [0.1, 0.15) is 0 Å². The van der Waals surface area contributed by atoms with Crippen molar-refractivity contribution in [2.75, 3.05) is 11.9 Å². The van der Waals surface area contributed by atoms with Crippen molar-refractivity contribution in [2.45, 2.75) is 0 Å². The second-order valence-corrected chi connectivity index (χ2v) is 5.57. The zero-order valence-corrected chi connectivity index (χ0v) is 13.7. The van der Waals surface area contributed by atoms with Gasteiger partial charge in [0.05, 0.1) is 16.8 Å². The average molecular weight is 367 g/mol. The van der Waals surface area contributed by atoms with Gasteiger partial charge in [-0.1, -0.05) is 35.3 Å². The summed E-state index contributed by atoms with van der Waals surface area (Å²) in [5.74, 6) is -2.06. The van der Waals surface area contributed by atoms with Crippen molar-refractivity contribution >= 4 is 46.7 Å². The van der Waals surface area contributed by atoms with Gasteiger partial charge in [-0.3, -0.25) is 9.59 Å². The highest BCUT2D eigenvalue weighted by Gasteiger charge is 2.14. The van der Waals surface area contributed by atoms with E-state index in [0.29, 0.717) is 0 Å². The zero-order chi connectivity index (χ0) is 17.7. The molecule has 0 atom stereocenters. The second-order valence-electron chi connectivity index (χ2n) is 4.69. The van der Waals surface area contributed by atoms with Gasteiger partial charge >= 0.3 is 5.97 Å². The Morgan fingerprint density at radius 1 is 1.04 bits per heavy atom. The molecule has 0 aromatic heterocycles. The average Bonchev–Trinajstić information content (AvgIpc) is 2.52. The van der Waals surface area contributed by atoms with Crippen LogP contribution in [0.2, 0.25) is 10.0 Å². The van der Waals surface area contributed by atoms with Gasteiger partial charge in [-0.2, -0.15) is 0 Å². The minimum atomic E-state index is -0.752. The topological polar surface area (TPSA) is 98.5 Å². The van der Waals surface area contributed by atoms with E-state index in [4.69, 9.17) is 33.7 Å². The summed E-state index contributed by atoms with van der Waals surface area (Å²) in [7, 11) is 0. The highest BCUT2D eigenvalue weighted by atomic mass is 35.5. The molecule has 2 rings (SSSR count). The Hall–Kier alpha value is -2.57. The number of amides is 2. The lowest BCUT2D eigenvalue weighted by atomic mass is 10.1. The molecule has 0 aliphatic carbocycles. The number of nitrogens with one attached hydrogen (secondary N) is 1. The Morgan fingerprint density at radius 2 is 1.67 bits per heavy atom. The molecule has 0 aliphatic rings. The van der Waals surface area contributed by atoms with Gasteiger partial charge in [0.2, 0.25) is 0 Å². The molecule has 8 heteroatoms. The molecule has 2 aromatic carbocycles. The minimum Gasteiger partial charge on any atom is -0.452 e. The maximum Gasteiger partial charge on any atom is 0.338 e. The van der Waals surface area contributed by atoms with E-state index in [2.05, 4.69) is 5.32 Å². The molecule has 0 radical (unpaired) electrons. The number of para-hydroxylation sites is 1. The predicted octanol–water partition coefficient (Wildman–Crippen LogP) is 2.89. The summed E-state index contributed by atoms with van der Waals surface area (Å²) in [4.78, 5) is 35.0. The molecule has 0 heterocycles. The van der Waals surface area contributed by atoms with E-state index >= 15 is 0 Å². The molecule has 0 unspecified atom stereocenters. The molecule has 6 nitrogen and oxygen atoms in total. The van der Waals surface area contributed by atoms with Gasteiger partial charge in [-0.05, 0) is 30.3 Å². The summed E-state index contributed by atoms with van der Waals surface area (Å²) < 4.78 is 4.89. The van der Waals surface area contributed by atoms with Crippen molar-refractivity contribution in [1.29, 1.82) is 0 Å². The summed E-state index contributed by atoms with van der Waals surface area (Å²) >= 11 is 11.6. The van der Waals surface area contributed by atoms with E-state index in [1.54, 1.807) is 12.1 Å². The fourth-order valence-electron chi connectivity index (χ4n) is 1.88. The van der Waals surface area contributed by atoms with E-state index in [1.807, 2.05) is 0 Å². The summed E-state index contributed by atoms with van der Waals surface area (Å²) in [5.41, 5.74) is 5.72. The molecule has 0 fully saturated rings. The molecule has 0 bridgehead atoms. The Balaban J connectivity index is 1.98. The van der Waals surface area contributed by atoms with E-state index in [1.165, 1.54) is 30.3 Å². The first-order valence-electron chi connectivity index (χ1n) is 6.68. The highest BCUT2D eigenvalue weighted by molar-refractivity contribution is 6.35. The number of primary amides is 1. The van der Waals surface area contributed by atoms with Crippen LogP contribution < -0.4 is 11.1 Å². The minimum absolute atomic E-state index is 0.123. The van der Waals surface area contributed by atoms with Gasteiger partial charge in [-0.15, -0.1) is 0 Å². The van der Waals surface area contributed by atoms with Crippen molar-refractivity contribution in [1.82, 2.24) is 0 Å². The van der Waals surface area contributed by atoms with Gasteiger partial charge in [0, 0.05) is 10.0 Å². The van der Waals surface area contributed by atoms with Gasteiger partial charge in [0.25, 0.3) is 11.8 Å². The molecule has 3 N–H and O–H groups in total. The zero-order valence-electron chi connectivity index (χ0n) is 12.2. The number of hydrogen-bond acceptors (Lipinski definition) is 4.